The molecule has 0 saturated carbocycles. The summed E-state index contributed by atoms with van der Waals surface area (Å²) in [6.07, 6.45) is 4.62. The highest BCUT2D eigenvalue weighted by atomic mass is 19.1. The zero-order valence-corrected chi connectivity index (χ0v) is 11.3. The molecule has 1 N–H and O–H groups in total. The molecule has 0 amide bonds. The molecule has 0 unspecified atom stereocenters. The summed E-state index contributed by atoms with van der Waals surface area (Å²) in [6.45, 7) is 0.897. The first-order chi connectivity index (χ1) is 10.1. The number of likely N-dealkylation sites (tertiary alicyclic amines) is 1. The molecule has 0 spiro atoms. The number of hydrogen-bond donors (Lipinski definition) is 1. The van der Waals surface area contributed by atoms with Crippen LogP contribution in [0.5, 0.6) is 0 Å². The lowest BCUT2D eigenvalue weighted by molar-refractivity contribution is 0.172. The van der Waals surface area contributed by atoms with E-state index in [0.29, 0.717) is 19.5 Å². The van der Waals surface area contributed by atoms with Gasteiger partial charge in [0.25, 0.3) is 0 Å². The second-order valence-corrected chi connectivity index (χ2v) is 5.25. The predicted molar refractivity (Wildman–Crippen MR) is 72.2 cm³/mol. The molecule has 6 heteroatoms. The molecule has 3 rings (SSSR count). The Morgan fingerprint density at radius 2 is 2.00 bits per heavy atom. The molecule has 21 heavy (non-hydrogen) atoms. The van der Waals surface area contributed by atoms with Gasteiger partial charge >= 0.3 is 0 Å². The topological polar surface area (TPSA) is 49.2 Å². The summed E-state index contributed by atoms with van der Waals surface area (Å²) in [5.74, 6) is -0.930. The number of nitrogens with zero attached hydrogens (tertiary/aromatic N) is 3. The molecule has 110 valence electrons. The van der Waals surface area contributed by atoms with E-state index in [2.05, 4.69) is 9.97 Å². The largest absolute Gasteiger partial charge is 0.392 e. The Labute approximate surface area is 121 Å². The summed E-state index contributed by atoms with van der Waals surface area (Å²) in [6, 6.07) is 3.07. The molecule has 0 radical (unpaired) electrons. The van der Waals surface area contributed by atoms with Crippen molar-refractivity contribution in [3.63, 3.8) is 0 Å². The van der Waals surface area contributed by atoms with E-state index in [1.165, 1.54) is 12.4 Å². The minimum Gasteiger partial charge on any atom is -0.392 e. The van der Waals surface area contributed by atoms with Crippen molar-refractivity contribution in [1.82, 2.24) is 14.9 Å². The molecule has 1 aliphatic heterocycles. The van der Waals surface area contributed by atoms with E-state index < -0.39 is 17.7 Å². The van der Waals surface area contributed by atoms with Crippen LogP contribution in [0.1, 0.15) is 23.6 Å². The minimum absolute atomic E-state index is 0.281. The predicted octanol–water partition coefficient (Wildman–Crippen LogP) is 2.06. The van der Waals surface area contributed by atoms with E-state index in [0.717, 1.165) is 17.7 Å². The van der Waals surface area contributed by atoms with Gasteiger partial charge in [0, 0.05) is 42.7 Å². The molecule has 1 aromatic heterocycles. The third-order valence-corrected chi connectivity index (χ3v) is 3.70. The molecule has 1 aliphatic rings. The van der Waals surface area contributed by atoms with Crippen LogP contribution in [0.15, 0.2) is 36.9 Å². The van der Waals surface area contributed by atoms with Gasteiger partial charge in [-0.05, 0) is 24.6 Å². The summed E-state index contributed by atoms with van der Waals surface area (Å²) in [5.41, 5.74) is 1.15. The van der Waals surface area contributed by atoms with E-state index >= 15 is 0 Å². The maximum Gasteiger partial charge on any atom is 0.128 e. The number of β-amino-alcohol motifs (C(OH)–C–C–N with tert-alkyl or cyclic N) is 1. The molecule has 2 heterocycles. The van der Waals surface area contributed by atoms with Crippen LogP contribution in [0.2, 0.25) is 0 Å². The molecule has 1 fully saturated rings. The van der Waals surface area contributed by atoms with Gasteiger partial charge in [-0.2, -0.15) is 0 Å². The van der Waals surface area contributed by atoms with Crippen LogP contribution in [0.25, 0.3) is 0 Å². The summed E-state index contributed by atoms with van der Waals surface area (Å²) < 4.78 is 27.3. The highest BCUT2D eigenvalue weighted by Crippen LogP contribution is 2.34. The highest BCUT2D eigenvalue weighted by molar-refractivity contribution is 5.24. The number of hydrogen-bond acceptors (Lipinski definition) is 4. The summed E-state index contributed by atoms with van der Waals surface area (Å²) in [5, 5.41) is 9.88. The fourth-order valence-electron chi connectivity index (χ4n) is 2.79. The van der Waals surface area contributed by atoms with Gasteiger partial charge in [-0.3, -0.25) is 4.90 Å². The molecule has 1 saturated heterocycles. The summed E-state index contributed by atoms with van der Waals surface area (Å²) >= 11 is 0. The lowest BCUT2D eigenvalue weighted by Crippen LogP contribution is -2.25. The molecule has 2 aromatic rings. The fourth-order valence-corrected chi connectivity index (χ4v) is 2.79. The fraction of sp³-hybridized carbons (Fsp3) is 0.333. The summed E-state index contributed by atoms with van der Waals surface area (Å²) in [7, 11) is 0. The van der Waals surface area contributed by atoms with Gasteiger partial charge in [-0.1, -0.05) is 0 Å². The lowest BCUT2D eigenvalue weighted by Gasteiger charge is -2.24. The SMILES string of the molecule is O[C@@H]1C[C@H](c2cc(F)ccc2F)N(Cc2cncnc2)C1. The monoisotopic (exact) mass is 291 g/mol. The van der Waals surface area contributed by atoms with Crippen molar-refractivity contribution in [2.45, 2.75) is 25.1 Å². The van der Waals surface area contributed by atoms with Crippen molar-refractivity contribution >= 4 is 0 Å². The van der Waals surface area contributed by atoms with Crippen molar-refractivity contribution in [3.05, 3.63) is 59.7 Å². The first-order valence-corrected chi connectivity index (χ1v) is 6.74. The number of aromatic nitrogens is 2. The number of aliphatic hydroxyl groups excluding tert-OH is 1. The lowest BCUT2D eigenvalue weighted by atomic mass is 10.0. The second kappa shape index (κ2) is 5.83. The van der Waals surface area contributed by atoms with Crippen LogP contribution >= 0.6 is 0 Å². The minimum atomic E-state index is -0.553. The van der Waals surface area contributed by atoms with Crippen molar-refractivity contribution in [1.29, 1.82) is 0 Å². The number of halogens is 2. The smallest absolute Gasteiger partial charge is 0.128 e. The maximum atomic E-state index is 14.0. The van der Waals surface area contributed by atoms with Crippen LogP contribution in [-0.2, 0) is 6.54 Å². The first kappa shape index (κ1) is 14.0. The van der Waals surface area contributed by atoms with E-state index in [1.54, 1.807) is 12.4 Å². The van der Waals surface area contributed by atoms with Gasteiger partial charge in [-0.25, -0.2) is 18.7 Å². The number of rotatable bonds is 3. The zero-order valence-electron chi connectivity index (χ0n) is 11.3. The van der Waals surface area contributed by atoms with E-state index in [-0.39, 0.29) is 11.6 Å². The van der Waals surface area contributed by atoms with Gasteiger partial charge in [0.15, 0.2) is 0 Å². The Hall–Kier alpha value is -1.92. The van der Waals surface area contributed by atoms with Gasteiger partial charge < -0.3 is 5.11 Å². The molecule has 1 aromatic carbocycles. The Morgan fingerprint density at radius 1 is 1.24 bits per heavy atom. The van der Waals surface area contributed by atoms with Crippen LogP contribution in [0.4, 0.5) is 8.78 Å². The van der Waals surface area contributed by atoms with Gasteiger partial charge in [0.2, 0.25) is 0 Å². The first-order valence-electron chi connectivity index (χ1n) is 6.74. The molecule has 2 atom stereocenters. The van der Waals surface area contributed by atoms with Crippen molar-refractivity contribution in [2.75, 3.05) is 6.54 Å². The third kappa shape index (κ3) is 3.06. The average Bonchev–Trinajstić information content (AvgIpc) is 2.83. The normalized spacial score (nSPS) is 22.6. The third-order valence-electron chi connectivity index (χ3n) is 3.70. The van der Waals surface area contributed by atoms with Crippen molar-refractivity contribution < 1.29 is 13.9 Å². The standard InChI is InChI=1S/C15H15F2N3O/c16-11-1-2-14(17)13(3-11)15-4-12(21)8-20(15)7-10-5-18-9-19-6-10/h1-3,5-6,9,12,15,21H,4,7-8H2/t12-,15-/m1/s1. The zero-order chi connectivity index (χ0) is 14.8. The van der Waals surface area contributed by atoms with Crippen molar-refractivity contribution in [3.8, 4) is 0 Å². The van der Waals surface area contributed by atoms with Gasteiger partial charge in [0.1, 0.15) is 18.0 Å². The summed E-state index contributed by atoms with van der Waals surface area (Å²) in [4.78, 5) is 9.80. The Morgan fingerprint density at radius 3 is 2.76 bits per heavy atom. The second-order valence-electron chi connectivity index (χ2n) is 5.25. The van der Waals surface area contributed by atoms with Crippen LogP contribution in [-0.4, -0.2) is 32.6 Å². The molecule has 0 aliphatic carbocycles. The van der Waals surface area contributed by atoms with Crippen LogP contribution in [0, 0.1) is 11.6 Å². The molecule has 4 nitrogen and oxygen atoms in total. The van der Waals surface area contributed by atoms with Crippen LogP contribution < -0.4 is 0 Å². The average molecular weight is 291 g/mol. The van der Waals surface area contributed by atoms with Crippen LogP contribution in [0.3, 0.4) is 0 Å². The number of aliphatic hydroxyl groups is 1. The van der Waals surface area contributed by atoms with Gasteiger partial charge in [0.05, 0.1) is 6.10 Å². The Kier molecular flexibility index (Phi) is 3.90. The Balaban J connectivity index is 1.87. The maximum absolute atomic E-state index is 14.0. The van der Waals surface area contributed by atoms with Crippen molar-refractivity contribution in [2.24, 2.45) is 0 Å². The Bertz CT molecular complexity index is 624. The van der Waals surface area contributed by atoms with E-state index in [9.17, 15) is 13.9 Å². The molecular formula is C15H15F2N3O. The quantitative estimate of drug-likeness (QED) is 0.940. The molecular weight excluding hydrogens is 276 g/mol. The highest BCUT2D eigenvalue weighted by Gasteiger charge is 2.33. The van der Waals surface area contributed by atoms with Gasteiger partial charge in [-0.15, -0.1) is 0 Å². The van der Waals surface area contributed by atoms with E-state index in [4.69, 9.17) is 0 Å². The molecule has 0 bridgehead atoms. The number of benzene rings is 1. The van der Waals surface area contributed by atoms with E-state index in [1.807, 2.05) is 4.90 Å².